The van der Waals surface area contributed by atoms with Crippen LogP contribution in [0.3, 0.4) is 0 Å². The summed E-state index contributed by atoms with van der Waals surface area (Å²) in [6.07, 6.45) is 0. The standard InChI is InChI=1S/C34H52Br6O13.C22H35Br3O8.C17H27Br3O6.C10H16Br2O4/c1-27(2,35)21(41)48-15-33(16-49-22(42)28(3,4)36,17-50-23(43)29(5,6)37)13-47-14-34(18-51-24(44)30(7,8)38,19-52-25(45)31(9,10)39)20-53-26(46)32(11,12)40;1-18(2,3)14(26)30-10-22(11-31-15(27)19(4,5)23,12-32-16(28)20(6,7)24)13-33-17(29)21(8,9)25;1-14(2,18)11(21)24-8-17(7,9-25-12(22)15(3,4)19)10-26-13(23)16(5,6)20;1-9(2,11)7(13)15-5-6-16-8(14)10(3,4)12/h13-20H2,1-12H3;10-13H2,1-9H3;8-10H2,1-7H3;5-6H2,1-4H3. The third-order valence-electron chi connectivity index (χ3n) is 15.5. The summed E-state index contributed by atoms with van der Waals surface area (Å²) in [6, 6.07) is 0. The van der Waals surface area contributed by atoms with Gasteiger partial charge >= 0.3 is 89.5 Å². The van der Waals surface area contributed by atoms with Crippen LogP contribution in [0.15, 0.2) is 0 Å². The van der Waals surface area contributed by atoms with Crippen molar-refractivity contribution in [2.24, 2.45) is 27.1 Å². The van der Waals surface area contributed by atoms with Crippen LogP contribution < -0.4 is 0 Å². The zero-order valence-electron chi connectivity index (χ0n) is 79.0. The number of rotatable bonds is 47. The molecule has 746 valence electrons. The van der Waals surface area contributed by atoms with Gasteiger partial charge in [-0.15, -0.1) is 0 Å². The van der Waals surface area contributed by atoms with Crippen molar-refractivity contribution in [1.82, 2.24) is 0 Å². The zero-order valence-corrected chi connectivity index (χ0v) is 101. The number of hydrogen-bond acceptors (Lipinski definition) is 31. The maximum Gasteiger partial charge on any atom is 0.322 e. The number of carbonyl (C=O) groups excluding carboxylic acids is 15. The van der Waals surface area contributed by atoms with E-state index in [0.29, 0.717) is 0 Å². The van der Waals surface area contributed by atoms with Crippen LogP contribution in [0, 0.1) is 27.1 Å². The molecule has 0 saturated carbocycles. The number of halogens is 14. The van der Waals surface area contributed by atoms with E-state index in [0.717, 1.165) is 0 Å². The summed E-state index contributed by atoms with van der Waals surface area (Å²) in [5, 5.41) is 0. The van der Waals surface area contributed by atoms with Crippen molar-refractivity contribution >= 4 is 313 Å². The van der Waals surface area contributed by atoms with E-state index in [9.17, 15) is 71.9 Å². The molecular formula is C83H130Br14O31. The van der Waals surface area contributed by atoms with Crippen molar-refractivity contribution in [3.63, 3.8) is 0 Å². The molecule has 0 aliphatic carbocycles. The largest absolute Gasteiger partial charge is 0.464 e. The van der Waals surface area contributed by atoms with Crippen LogP contribution in [0.4, 0.5) is 0 Å². The van der Waals surface area contributed by atoms with Gasteiger partial charge < -0.3 is 75.8 Å². The molecule has 0 spiro atoms. The van der Waals surface area contributed by atoms with E-state index in [-0.39, 0.29) is 71.4 Å². The van der Waals surface area contributed by atoms with Gasteiger partial charge in [-0.2, -0.15) is 0 Å². The quantitative estimate of drug-likeness (QED) is 0.0236. The molecule has 0 heterocycles. The first kappa shape index (κ1) is 133. The molecule has 45 heteroatoms. The lowest BCUT2D eigenvalue weighted by atomic mass is 9.90. The van der Waals surface area contributed by atoms with Crippen molar-refractivity contribution < 1.29 is 148 Å². The highest BCUT2D eigenvalue weighted by atomic mass is 79.9. The first-order valence-corrected chi connectivity index (χ1v) is 50.3. The molecule has 0 aromatic heterocycles. The molecule has 0 unspecified atom stereocenters. The molecule has 128 heavy (non-hydrogen) atoms. The van der Waals surface area contributed by atoms with E-state index in [4.69, 9.17) is 75.8 Å². The SMILES string of the molecule is CC(C)(Br)C(=O)OCC(COCC(COC(=O)C(C)(C)Br)(COC(=O)C(C)(C)Br)COC(=O)C(C)(C)Br)(COC(=O)C(C)(C)Br)COC(=O)C(C)(C)Br.CC(C)(Br)C(=O)OCCOC(=O)C(C)(C)Br.CC(C)(C)C(=O)OCC(COC(=O)C(C)(C)Br)(COC(=O)C(C)(C)Br)COC(=O)C(C)(C)Br.CC(COC(=O)C(C)(C)Br)(COC(=O)C(C)(C)Br)COC(=O)C(C)(C)Br. The smallest absolute Gasteiger partial charge is 0.322 e. The number of hydrogen-bond donors (Lipinski definition) is 0. The maximum atomic E-state index is 12.9. The summed E-state index contributed by atoms with van der Waals surface area (Å²) < 4.78 is 74.1. The Morgan fingerprint density at radius 3 is 0.367 bits per heavy atom. The highest BCUT2D eigenvalue weighted by molar-refractivity contribution is 9.12. The molecule has 0 aliphatic heterocycles. The highest BCUT2D eigenvalue weighted by Gasteiger charge is 2.48. The van der Waals surface area contributed by atoms with Gasteiger partial charge in [0.25, 0.3) is 0 Å². The minimum Gasteiger partial charge on any atom is -0.464 e. The fourth-order valence-corrected chi connectivity index (χ4v) is 8.76. The lowest BCUT2D eigenvalue weighted by Crippen LogP contribution is -2.49. The van der Waals surface area contributed by atoms with Gasteiger partial charge in [0.05, 0.1) is 34.9 Å². The van der Waals surface area contributed by atoms with Gasteiger partial charge in [-0.3, -0.25) is 71.9 Å². The molecular weight excluding hydrogens is 2610 g/mol. The van der Waals surface area contributed by atoms with Crippen molar-refractivity contribution in [3.8, 4) is 0 Å². The minimum absolute atomic E-state index is 0.0582. The van der Waals surface area contributed by atoms with Crippen LogP contribution in [-0.2, 0) is 148 Å². The second-order valence-corrected chi connectivity index (χ2v) is 66.2. The molecule has 0 rings (SSSR count). The van der Waals surface area contributed by atoms with Gasteiger partial charge in [-0.25, -0.2) is 0 Å². The van der Waals surface area contributed by atoms with E-state index in [2.05, 4.69) is 223 Å². The Balaban J connectivity index is -0.000000874. The Morgan fingerprint density at radius 2 is 0.250 bits per heavy atom. The molecule has 0 aliphatic rings. The number of ether oxygens (including phenoxy) is 16. The van der Waals surface area contributed by atoms with Crippen molar-refractivity contribution in [3.05, 3.63) is 0 Å². The zero-order chi connectivity index (χ0) is 102. The molecule has 0 fully saturated rings. The predicted molar refractivity (Wildman–Crippen MR) is 532 cm³/mol. The molecule has 0 atom stereocenters. The average Bonchev–Trinajstić information content (AvgIpc) is 0.804. The monoisotopic (exact) mass is 2730 g/mol. The third kappa shape index (κ3) is 57.8. The van der Waals surface area contributed by atoms with Crippen molar-refractivity contribution in [2.45, 2.75) is 282 Å². The van der Waals surface area contributed by atoms with Crippen molar-refractivity contribution in [2.75, 3.05) is 112 Å². The average molecular weight is 2740 g/mol. The molecule has 31 nitrogen and oxygen atoms in total. The summed E-state index contributed by atoms with van der Waals surface area (Å²) in [7, 11) is 0. The highest BCUT2D eigenvalue weighted by Crippen LogP contribution is 2.36. The summed E-state index contributed by atoms with van der Waals surface area (Å²) >= 11 is 45.4. The summed E-state index contributed by atoms with van der Waals surface area (Å²) in [5.41, 5.74) is -6.06. The Kier molecular flexibility index (Phi) is 55.9. The Bertz CT molecular complexity index is 3210. The van der Waals surface area contributed by atoms with E-state index in [1.165, 1.54) is 0 Å². The Labute approximate surface area is 872 Å². The summed E-state index contributed by atoms with van der Waals surface area (Å²) in [5.74, 6) is -8.50. The third-order valence-corrected chi connectivity index (χ3v) is 20.1. The molecule has 0 amide bonds. The maximum absolute atomic E-state index is 12.9. The first-order valence-electron chi connectivity index (χ1n) is 39.2. The van der Waals surface area contributed by atoms with Crippen LogP contribution >= 0.6 is 223 Å². The fraction of sp³-hybridized carbons (Fsp3) is 0.819. The minimum atomic E-state index is -1.51. The second-order valence-electron chi connectivity index (χ2n) is 38.4. The molecule has 0 radical (unpaired) electrons. The van der Waals surface area contributed by atoms with E-state index >= 15 is 0 Å². The normalized spacial score (nSPS) is 13.2. The van der Waals surface area contributed by atoms with Crippen LogP contribution in [0.1, 0.15) is 222 Å². The van der Waals surface area contributed by atoms with Gasteiger partial charge in [0.1, 0.15) is 165 Å². The van der Waals surface area contributed by atoms with Gasteiger partial charge in [0.2, 0.25) is 0 Å². The van der Waals surface area contributed by atoms with Gasteiger partial charge in [-0.05, 0) is 222 Å². The second kappa shape index (κ2) is 53.8. The van der Waals surface area contributed by atoms with Crippen LogP contribution in [-0.4, -0.2) is 262 Å². The van der Waals surface area contributed by atoms with E-state index < -0.39 is 218 Å². The van der Waals surface area contributed by atoms with Gasteiger partial charge in [0.15, 0.2) is 0 Å². The van der Waals surface area contributed by atoms with E-state index in [1.54, 1.807) is 222 Å². The molecule has 0 N–H and O–H groups in total. The fourth-order valence-electron chi connectivity index (χ4n) is 7.15. The van der Waals surface area contributed by atoms with Gasteiger partial charge in [-0.1, -0.05) is 223 Å². The Morgan fingerprint density at radius 1 is 0.148 bits per heavy atom. The number of esters is 15. The summed E-state index contributed by atoms with van der Waals surface area (Å²) in [4.78, 5) is 186. The van der Waals surface area contributed by atoms with Crippen molar-refractivity contribution in [1.29, 1.82) is 0 Å². The number of carbonyl (C=O) groups is 15. The molecule has 0 aromatic carbocycles. The summed E-state index contributed by atoms with van der Waals surface area (Å²) in [6.45, 7) is 47.1. The Hall–Kier alpha value is -1.27. The molecule has 0 aromatic rings. The molecule has 0 bridgehead atoms. The predicted octanol–water partition coefficient (Wildman–Crippen LogP) is 18.6. The molecule has 0 saturated heterocycles. The lowest BCUT2D eigenvalue weighted by molar-refractivity contribution is -0.179. The van der Waals surface area contributed by atoms with E-state index in [1.807, 2.05) is 0 Å². The van der Waals surface area contributed by atoms with Gasteiger partial charge in [0, 0.05) is 0 Å². The lowest BCUT2D eigenvalue weighted by Gasteiger charge is -2.37. The van der Waals surface area contributed by atoms with Crippen LogP contribution in [0.5, 0.6) is 0 Å². The van der Waals surface area contributed by atoms with Crippen LogP contribution in [0.25, 0.3) is 0 Å². The first-order chi connectivity index (χ1) is 56.4. The van der Waals surface area contributed by atoms with Crippen LogP contribution in [0.2, 0.25) is 0 Å². The number of alkyl halides is 14. The topological polar surface area (TPSA) is 404 Å².